The third-order valence-electron chi connectivity index (χ3n) is 2.62. The lowest BCUT2D eigenvalue weighted by molar-refractivity contribution is 0.518. The summed E-state index contributed by atoms with van der Waals surface area (Å²) in [5.41, 5.74) is 1.59. The molecule has 0 aliphatic heterocycles. The van der Waals surface area contributed by atoms with Gasteiger partial charge in [0.1, 0.15) is 0 Å². The second-order valence-corrected chi connectivity index (χ2v) is 13.1. The first-order chi connectivity index (χ1) is 6.31. The Morgan fingerprint density at radius 3 is 1.57 bits per heavy atom. The predicted molar refractivity (Wildman–Crippen MR) is 69.6 cm³/mol. The molecule has 0 bridgehead atoms. The van der Waals surface area contributed by atoms with E-state index in [-0.39, 0.29) is 0 Å². The summed E-state index contributed by atoms with van der Waals surface area (Å²) < 4.78 is 6.38. The standard InChI is InChI=1S/C11H27OSi2/c1-8-10(3)13(11(4)9-2)12-14(5,6)7/h10-11H,8-9H2,1-7H3. The van der Waals surface area contributed by atoms with Crippen molar-refractivity contribution in [3.8, 4) is 0 Å². The van der Waals surface area contributed by atoms with E-state index in [0.29, 0.717) is 0 Å². The molecule has 0 aliphatic rings. The minimum absolute atomic E-state index is 0.597. The van der Waals surface area contributed by atoms with Crippen molar-refractivity contribution in [3.05, 3.63) is 0 Å². The summed E-state index contributed by atoms with van der Waals surface area (Å²) in [7, 11) is -1.93. The Balaban J connectivity index is 4.40. The topological polar surface area (TPSA) is 9.23 Å². The first-order valence-electron chi connectivity index (χ1n) is 5.87. The molecule has 0 aromatic rings. The summed E-state index contributed by atoms with van der Waals surface area (Å²) in [5.74, 6) is 0. The van der Waals surface area contributed by atoms with Crippen LogP contribution in [-0.4, -0.2) is 17.4 Å². The molecule has 0 saturated heterocycles. The summed E-state index contributed by atoms with van der Waals surface area (Å²) >= 11 is 0. The smallest absolute Gasteiger partial charge is 0.204 e. The second-order valence-electron chi connectivity index (χ2n) is 5.24. The Hall–Kier alpha value is 0.394. The minimum Gasteiger partial charge on any atom is -0.455 e. The minimum atomic E-state index is -1.33. The molecule has 1 nitrogen and oxygen atoms in total. The zero-order valence-electron chi connectivity index (χ0n) is 11.0. The van der Waals surface area contributed by atoms with Crippen molar-refractivity contribution >= 4 is 17.4 Å². The zero-order chi connectivity index (χ0) is 11.4. The average Bonchev–Trinajstić information content (AvgIpc) is 2.10. The van der Waals surface area contributed by atoms with Crippen LogP contribution in [0.3, 0.4) is 0 Å². The van der Waals surface area contributed by atoms with Crippen LogP contribution >= 0.6 is 0 Å². The van der Waals surface area contributed by atoms with Gasteiger partial charge in [0.15, 0.2) is 8.32 Å². The van der Waals surface area contributed by atoms with Crippen molar-refractivity contribution in [1.29, 1.82) is 0 Å². The van der Waals surface area contributed by atoms with Gasteiger partial charge in [0.2, 0.25) is 9.04 Å². The highest BCUT2D eigenvalue weighted by atomic mass is 28.4. The van der Waals surface area contributed by atoms with Crippen molar-refractivity contribution in [1.82, 2.24) is 0 Å². The monoisotopic (exact) mass is 231 g/mol. The van der Waals surface area contributed by atoms with Crippen molar-refractivity contribution in [2.45, 2.75) is 71.3 Å². The molecule has 0 heterocycles. The maximum atomic E-state index is 6.38. The van der Waals surface area contributed by atoms with E-state index < -0.39 is 17.4 Å². The maximum Gasteiger partial charge on any atom is 0.204 e. The van der Waals surface area contributed by atoms with E-state index in [0.717, 1.165) is 11.1 Å². The molecule has 2 unspecified atom stereocenters. The quantitative estimate of drug-likeness (QED) is 0.615. The third kappa shape index (κ3) is 5.32. The molecule has 3 heteroatoms. The lowest BCUT2D eigenvalue weighted by atomic mass is 10.4. The van der Waals surface area contributed by atoms with Crippen LogP contribution in [-0.2, 0) is 4.12 Å². The molecule has 0 spiro atoms. The molecule has 0 N–H and O–H groups in total. The molecule has 2 atom stereocenters. The summed E-state index contributed by atoms with van der Waals surface area (Å²) in [5, 5.41) is 0. The highest BCUT2D eigenvalue weighted by Crippen LogP contribution is 2.29. The Morgan fingerprint density at radius 1 is 1.00 bits per heavy atom. The average molecular weight is 232 g/mol. The van der Waals surface area contributed by atoms with Gasteiger partial charge in [0.25, 0.3) is 0 Å². The maximum absolute atomic E-state index is 6.38. The Kier molecular flexibility index (Phi) is 6.25. The fraction of sp³-hybridized carbons (Fsp3) is 1.00. The van der Waals surface area contributed by atoms with Crippen LogP contribution < -0.4 is 0 Å². The van der Waals surface area contributed by atoms with Gasteiger partial charge in [-0.3, -0.25) is 0 Å². The Labute approximate surface area is 93.1 Å². The van der Waals surface area contributed by atoms with Gasteiger partial charge in [-0.1, -0.05) is 40.5 Å². The molecule has 0 aromatic carbocycles. The molecule has 85 valence electrons. The fourth-order valence-electron chi connectivity index (χ4n) is 1.44. The molecule has 0 aliphatic carbocycles. The summed E-state index contributed by atoms with van der Waals surface area (Å²) in [4.78, 5) is 0. The number of rotatable bonds is 6. The van der Waals surface area contributed by atoms with Crippen molar-refractivity contribution in [2.24, 2.45) is 0 Å². The normalized spacial score (nSPS) is 17.1. The molecular formula is C11H27OSi2. The van der Waals surface area contributed by atoms with Gasteiger partial charge >= 0.3 is 0 Å². The van der Waals surface area contributed by atoms with Crippen LogP contribution in [0.4, 0.5) is 0 Å². The lowest BCUT2D eigenvalue weighted by Gasteiger charge is -2.32. The van der Waals surface area contributed by atoms with Gasteiger partial charge in [-0.05, 0) is 30.7 Å². The second kappa shape index (κ2) is 6.08. The third-order valence-corrected chi connectivity index (χ3v) is 8.77. The first-order valence-corrected chi connectivity index (χ1v) is 10.8. The summed E-state index contributed by atoms with van der Waals surface area (Å²) in [6, 6.07) is 0. The molecule has 0 fully saturated rings. The van der Waals surface area contributed by atoms with Gasteiger partial charge in [-0.25, -0.2) is 0 Å². The van der Waals surface area contributed by atoms with E-state index in [1.165, 1.54) is 12.8 Å². The number of hydrogen-bond acceptors (Lipinski definition) is 1. The Bertz CT molecular complexity index is 144. The molecule has 0 saturated carbocycles. The number of hydrogen-bond donors (Lipinski definition) is 0. The molecule has 0 aromatic heterocycles. The van der Waals surface area contributed by atoms with Crippen LogP contribution in [0.5, 0.6) is 0 Å². The van der Waals surface area contributed by atoms with Crippen LogP contribution in [0.2, 0.25) is 30.7 Å². The zero-order valence-corrected chi connectivity index (χ0v) is 13.0. The summed E-state index contributed by atoms with van der Waals surface area (Å²) in [6.45, 7) is 16.2. The van der Waals surface area contributed by atoms with Crippen molar-refractivity contribution in [2.75, 3.05) is 0 Å². The largest absolute Gasteiger partial charge is 0.455 e. The SMILES string of the molecule is CCC(C)[Si](O[Si](C)(C)C)C(C)CC. The van der Waals surface area contributed by atoms with Gasteiger partial charge in [-0.15, -0.1) is 0 Å². The highest BCUT2D eigenvalue weighted by Gasteiger charge is 2.30. The van der Waals surface area contributed by atoms with Crippen LogP contribution in [0.25, 0.3) is 0 Å². The van der Waals surface area contributed by atoms with E-state index in [4.69, 9.17) is 4.12 Å². The van der Waals surface area contributed by atoms with E-state index >= 15 is 0 Å². The van der Waals surface area contributed by atoms with Crippen LogP contribution in [0.1, 0.15) is 40.5 Å². The first kappa shape index (κ1) is 14.4. The summed E-state index contributed by atoms with van der Waals surface area (Å²) in [6.07, 6.45) is 2.53. The van der Waals surface area contributed by atoms with Gasteiger partial charge in [0, 0.05) is 0 Å². The van der Waals surface area contributed by atoms with Crippen molar-refractivity contribution < 1.29 is 4.12 Å². The predicted octanol–water partition coefficient (Wildman–Crippen LogP) is 4.43. The molecule has 0 rings (SSSR count). The van der Waals surface area contributed by atoms with Gasteiger partial charge in [-0.2, -0.15) is 0 Å². The fourth-order valence-corrected chi connectivity index (χ4v) is 7.66. The van der Waals surface area contributed by atoms with E-state index in [1.54, 1.807) is 0 Å². The van der Waals surface area contributed by atoms with Gasteiger partial charge < -0.3 is 4.12 Å². The van der Waals surface area contributed by atoms with E-state index in [2.05, 4.69) is 47.3 Å². The van der Waals surface area contributed by atoms with E-state index in [1.807, 2.05) is 0 Å². The van der Waals surface area contributed by atoms with E-state index in [9.17, 15) is 0 Å². The molecule has 14 heavy (non-hydrogen) atoms. The molecule has 1 radical (unpaired) electrons. The lowest BCUT2D eigenvalue weighted by Crippen LogP contribution is -2.39. The van der Waals surface area contributed by atoms with Crippen molar-refractivity contribution in [3.63, 3.8) is 0 Å². The van der Waals surface area contributed by atoms with Crippen LogP contribution in [0, 0.1) is 0 Å². The Morgan fingerprint density at radius 2 is 1.36 bits per heavy atom. The van der Waals surface area contributed by atoms with Gasteiger partial charge in [0.05, 0.1) is 0 Å². The highest BCUT2D eigenvalue weighted by molar-refractivity contribution is 6.78. The molecule has 0 amide bonds. The van der Waals surface area contributed by atoms with Crippen LogP contribution in [0.15, 0.2) is 0 Å². The molecular weight excluding hydrogens is 204 g/mol.